The maximum atomic E-state index is 13.6. The van der Waals surface area contributed by atoms with Crippen LogP contribution >= 0.6 is 0 Å². The Labute approximate surface area is 206 Å². The molecule has 10 nitrogen and oxygen atoms in total. The Morgan fingerprint density at radius 2 is 2.00 bits per heavy atom. The van der Waals surface area contributed by atoms with E-state index in [0.717, 1.165) is 32.1 Å². The van der Waals surface area contributed by atoms with Gasteiger partial charge in [-0.1, -0.05) is 0 Å². The molecule has 2 aliphatic rings. The number of rotatable bonds is 8. The zero-order chi connectivity index (χ0) is 25.7. The minimum atomic E-state index is -4.63. The van der Waals surface area contributed by atoms with Gasteiger partial charge in [-0.15, -0.1) is 0 Å². The van der Waals surface area contributed by atoms with Gasteiger partial charge in [0, 0.05) is 31.7 Å². The Hall–Kier alpha value is -3.35. The Morgan fingerprint density at radius 1 is 1.22 bits per heavy atom. The van der Waals surface area contributed by atoms with Crippen molar-refractivity contribution < 1.29 is 27.1 Å². The molecule has 1 fully saturated rings. The van der Waals surface area contributed by atoms with E-state index < -0.39 is 11.7 Å². The summed E-state index contributed by atoms with van der Waals surface area (Å²) < 4.78 is 51.6. The first kappa shape index (κ1) is 25.7. The molecule has 2 aliphatic heterocycles. The molecule has 0 aromatic carbocycles. The Kier molecular flexibility index (Phi) is 7.97. The van der Waals surface area contributed by atoms with Gasteiger partial charge in [0.15, 0.2) is 12.5 Å². The van der Waals surface area contributed by atoms with Crippen LogP contribution in [-0.4, -0.2) is 77.0 Å². The number of aryl methyl sites for hydroxylation is 1. The summed E-state index contributed by atoms with van der Waals surface area (Å²) in [6.07, 6.45) is 1.56. The molecule has 1 saturated heterocycles. The zero-order valence-electron chi connectivity index (χ0n) is 20.3. The number of hydrogen-bond acceptors (Lipinski definition) is 9. The molecule has 2 aromatic rings. The number of alkyl halides is 3. The largest absolute Gasteiger partial charge is 0.492 e. The highest BCUT2D eigenvalue weighted by molar-refractivity contribution is 5.77. The molecule has 4 heterocycles. The first-order valence-corrected chi connectivity index (χ1v) is 11.9. The van der Waals surface area contributed by atoms with Crippen molar-refractivity contribution in [2.75, 3.05) is 57.0 Å². The van der Waals surface area contributed by atoms with Gasteiger partial charge in [0.25, 0.3) is 5.91 Å². The predicted octanol–water partition coefficient (Wildman–Crippen LogP) is 3.52. The number of carbonyl (C=O) groups excluding carboxylic acids is 1. The van der Waals surface area contributed by atoms with Gasteiger partial charge < -0.3 is 24.3 Å². The van der Waals surface area contributed by atoms with E-state index in [1.54, 1.807) is 17.9 Å². The summed E-state index contributed by atoms with van der Waals surface area (Å²) in [4.78, 5) is 28.2. The third kappa shape index (κ3) is 6.45. The first-order valence-electron chi connectivity index (χ1n) is 11.9. The highest BCUT2D eigenvalue weighted by Crippen LogP contribution is 2.35. The molecule has 0 bridgehead atoms. The average molecular weight is 510 g/mol. The molecule has 0 aliphatic carbocycles. The number of nitrogens with zero attached hydrogens (tertiary/aromatic N) is 5. The van der Waals surface area contributed by atoms with Crippen LogP contribution in [0.1, 0.15) is 42.3 Å². The molecule has 0 radical (unpaired) electrons. The summed E-state index contributed by atoms with van der Waals surface area (Å²) in [5.74, 6) is 0.551. The lowest BCUT2D eigenvalue weighted by Gasteiger charge is -2.26. The van der Waals surface area contributed by atoms with Crippen molar-refractivity contribution in [3.63, 3.8) is 0 Å². The highest BCUT2D eigenvalue weighted by atomic mass is 19.4. The maximum Gasteiger partial charge on any atom is 0.421 e. The fourth-order valence-electron chi connectivity index (χ4n) is 4.09. The van der Waals surface area contributed by atoms with E-state index in [-0.39, 0.29) is 36.7 Å². The molecule has 4 rings (SSSR count). The number of aromatic nitrogens is 3. The first-order chi connectivity index (χ1) is 17.2. The van der Waals surface area contributed by atoms with Gasteiger partial charge in [0.05, 0.1) is 6.26 Å². The van der Waals surface area contributed by atoms with Crippen LogP contribution in [0.3, 0.4) is 0 Å². The number of hydrogen-bond donors (Lipinski definition) is 2. The van der Waals surface area contributed by atoms with E-state index in [2.05, 4.69) is 37.5 Å². The van der Waals surface area contributed by atoms with E-state index in [0.29, 0.717) is 37.0 Å². The van der Waals surface area contributed by atoms with Crippen molar-refractivity contribution in [1.82, 2.24) is 24.8 Å². The SMILES string of the molecule is Cc1nc(C2CCN(C)CC2)oc1Nc1ncc(C(F)(F)F)c(NCCCN2CC=COCC2=O)n1. The highest BCUT2D eigenvalue weighted by Gasteiger charge is 2.35. The smallest absolute Gasteiger partial charge is 0.421 e. The third-order valence-electron chi connectivity index (χ3n) is 6.18. The normalized spacial score (nSPS) is 17.7. The number of carbonyl (C=O) groups is 1. The van der Waals surface area contributed by atoms with Crippen molar-refractivity contribution >= 4 is 23.6 Å². The van der Waals surface area contributed by atoms with E-state index in [1.165, 1.54) is 6.26 Å². The number of ether oxygens (including phenoxy) is 1. The molecular formula is C23H30F3N7O3. The molecule has 0 spiro atoms. The van der Waals surface area contributed by atoms with Gasteiger partial charge in [-0.3, -0.25) is 10.1 Å². The van der Waals surface area contributed by atoms with Crippen LogP contribution in [0.2, 0.25) is 0 Å². The molecule has 0 unspecified atom stereocenters. The fourth-order valence-corrected chi connectivity index (χ4v) is 4.09. The molecule has 196 valence electrons. The van der Waals surface area contributed by atoms with Gasteiger partial charge in [-0.05, 0) is 52.4 Å². The van der Waals surface area contributed by atoms with Gasteiger partial charge in [-0.25, -0.2) is 9.97 Å². The molecule has 1 amide bonds. The van der Waals surface area contributed by atoms with Crippen LogP contribution in [0.25, 0.3) is 0 Å². The standard InChI is InChI=1S/C23H30F3N7O3/c1-15-20(36-21(29-15)16-5-10-32(2)11-6-16)31-22-28-13-17(23(24,25)26)19(30-22)27-7-3-8-33-9-4-12-35-14-18(33)34/h4,12-13,16H,3,5-11,14H2,1-2H3,(H2,27,28,30,31). The lowest BCUT2D eigenvalue weighted by Crippen LogP contribution is -2.34. The molecule has 0 atom stereocenters. The van der Waals surface area contributed by atoms with Crippen LogP contribution in [0.4, 0.5) is 30.8 Å². The second-order valence-corrected chi connectivity index (χ2v) is 8.93. The quantitative estimate of drug-likeness (QED) is 0.517. The maximum absolute atomic E-state index is 13.6. The molecule has 36 heavy (non-hydrogen) atoms. The number of amides is 1. The van der Waals surface area contributed by atoms with E-state index in [4.69, 9.17) is 9.15 Å². The van der Waals surface area contributed by atoms with Gasteiger partial charge >= 0.3 is 6.18 Å². The number of likely N-dealkylation sites (tertiary alicyclic amines) is 1. The Bertz CT molecular complexity index is 1080. The zero-order valence-corrected chi connectivity index (χ0v) is 20.3. The van der Waals surface area contributed by atoms with Crippen LogP contribution < -0.4 is 10.6 Å². The fraction of sp³-hybridized carbons (Fsp3) is 0.565. The van der Waals surface area contributed by atoms with Crippen LogP contribution in [0.15, 0.2) is 23.0 Å². The van der Waals surface area contributed by atoms with Crippen molar-refractivity contribution in [3.8, 4) is 0 Å². The Balaban J connectivity index is 1.42. The van der Waals surface area contributed by atoms with Crippen molar-refractivity contribution in [1.29, 1.82) is 0 Å². The summed E-state index contributed by atoms with van der Waals surface area (Å²) in [5.41, 5.74) is -0.390. The van der Waals surface area contributed by atoms with Gasteiger partial charge in [-0.2, -0.15) is 18.2 Å². The number of oxazole rings is 1. The minimum Gasteiger partial charge on any atom is -0.492 e. The van der Waals surface area contributed by atoms with Gasteiger partial charge in [0.1, 0.15) is 17.1 Å². The van der Waals surface area contributed by atoms with Crippen LogP contribution in [0.5, 0.6) is 0 Å². The molecule has 2 aromatic heterocycles. The lowest BCUT2D eigenvalue weighted by molar-refractivity contribution is -0.137. The summed E-state index contributed by atoms with van der Waals surface area (Å²) in [7, 11) is 2.07. The molecule has 0 saturated carbocycles. The van der Waals surface area contributed by atoms with Crippen molar-refractivity contribution in [3.05, 3.63) is 35.7 Å². The predicted molar refractivity (Wildman–Crippen MR) is 126 cm³/mol. The molecule has 2 N–H and O–H groups in total. The minimum absolute atomic E-state index is 0.0374. The topological polar surface area (TPSA) is 109 Å². The second-order valence-electron chi connectivity index (χ2n) is 8.93. The summed E-state index contributed by atoms with van der Waals surface area (Å²) in [5, 5.41) is 5.61. The Morgan fingerprint density at radius 3 is 2.75 bits per heavy atom. The van der Waals surface area contributed by atoms with Crippen LogP contribution in [-0.2, 0) is 15.7 Å². The number of nitrogens with one attached hydrogen (secondary N) is 2. The van der Waals surface area contributed by atoms with E-state index >= 15 is 0 Å². The molecule has 13 heteroatoms. The number of anilines is 3. The van der Waals surface area contributed by atoms with Crippen molar-refractivity contribution in [2.45, 2.75) is 38.3 Å². The number of halogens is 3. The van der Waals surface area contributed by atoms with E-state index in [9.17, 15) is 18.0 Å². The van der Waals surface area contributed by atoms with E-state index in [1.807, 2.05) is 0 Å². The number of piperidine rings is 1. The lowest BCUT2D eigenvalue weighted by atomic mass is 9.97. The monoisotopic (exact) mass is 509 g/mol. The third-order valence-corrected chi connectivity index (χ3v) is 6.18. The second kappa shape index (κ2) is 11.1. The van der Waals surface area contributed by atoms with Crippen molar-refractivity contribution in [2.24, 2.45) is 0 Å². The van der Waals surface area contributed by atoms with Gasteiger partial charge in [0.2, 0.25) is 11.8 Å². The van der Waals surface area contributed by atoms with Crippen LogP contribution in [0, 0.1) is 6.92 Å². The average Bonchev–Trinajstić information content (AvgIpc) is 3.06. The molecular weight excluding hydrogens is 479 g/mol. The summed E-state index contributed by atoms with van der Waals surface area (Å²) >= 11 is 0. The summed E-state index contributed by atoms with van der Waals surface area (Å²) in [6, 6.07) is 0. The summed E-state index contributed by atoms with van der Waals surface area (Å²) in [6.45, 7) is 4.54.